The zero-order valence-electron chi connectivity index (χ0n) is 8.11. The van der Waals surface area contributed by atoms with Gasteiger partial charge in [-0.25, -0.2) is 4.98 Å². The molecule has 2 N–H and O–H groups in total. The lowest BCUT2D eigenvalue weighted by atomic mass is 10.3. The Balaban J connectivity index is 3.06. The molecule has 5 heteroatoms. The number of nitrogens with zero attached hydrogens (tertiary/aromatic N) is 3. The summed E-state index contributed by atoms with van der Waals surface area (Å²) in [4.78, 5) is 17.2. The van der Waals surface area contributed by atoms with Gasteiger partial charge in [-0.15, -0.1) is 0 Å². The van der Waals surface area contributed by atoms with E-state index in [9.17, 15) is 4.79 Å². The molecule has 0 aliphatic rings. The van der Waals surface area contributed by atoms with E-state index in [-0.39, 0.29) is 12.3 Å². The van der Waals surface area contributed by atoms with Gasteiger partial charge in [-0.1, -0.05) is 0 Å². The van der Waals surface area contributed by atoms with Gasteiger partial charge in [0.05, 0.1) is 12.7 Å². The fourth-order valence-corrected chi connectivity index (χ4v) is 1.18. The Bertz CT molecular complexity index is 316. The highest BCUT2D eigenvalue weighted by molar-refractivity contribution is 5.96. The van der Waals surface area contributed by atoms with Crippen LogP contribution in [0.3, 0.4) is 0 Å². The van der Waals surface area contributed by atoms with Crippen LogP contribution in [0, 0.1) is 0 Å². The molecule has 0 saturated carbocycles. The summed E-state index contributed by atoms with van der Waals surface area (Å²) in [5.74, 6) is 0.653. The number of aromatic nitrogens is 2. The number of nitrogens with two attached hydrogens (primary N) is 1. The first kappa shape index (κ1) is 9.73. The standard InChI is InChI=1S/C8H14N4O/c1-11(2)8-10-5-6(12(8)3)7(13)4-9/h5H,4,9H2,1-3H3. The van der Waals surface area contributed by atoms with Crippen LogP contribution in [0.15, 0.2) is 6.20 Å². The number of hydrogen-bond donors (Lipinski definition) is 1. The maximum absolute atomic E-state index is 11.3. The normalized spacial score (nSPS) is 10.2. The van der Waals surface area contributed by atoms with Crippen LogP contribution in [-0.4, -0.2) is 36.0 Å². The molecule has 0 bridgehead atoms. The molecule has 0 aliphatic heterocycles. The molecule has 0 spiro atoms. The van der Waals surface area contributed by atoms with E-state index >= 15 is 0 Å². The molecule has 5 nitrogen and oxygen atoms in total. The minimum atomic E-state index is -0.0944. The van der Waals surface area contributed by atoms with Crippen LogP contribution in [0.2, 0.25) is 0 Å². The summed E-state index contributed by atoms with van der Waals surface area (Å²) in [6.45, 7) is 0.0202. The number of anilines is 1. The Morgan fingerprint density at radius 1 is 1.69 bits per heavy atom. The number of imidazole rings is 1. The highest BCUT2D eigenvalue weighted by atomic mass is 16.1. The molecule has 0 saturated heterocycles. The molecule has 13 heavy (non-hydrogen) atoms. The number of carbonyl (C=O) groups is 1. The van der Waals surface area contributed by atoms with E-state index in [1.54, 1.807) is 17.8 Å². The molecule has 0 unspecified atom stereocenters. The molecule has 0 amide bonds. The van der Waals surface area contributed by atoms with E-state index in [1.165, 1.54) is 0 Å². The van der Waals surface area contributed by atoms with Crippen LogP contribution in [0.5, 0.6) is 0 Å². The lowest BCUT2D eigenvalue weighted by Crippen LogP contribution is -2.19. The fraction of sp³-hybridized carbons (Fsp3) is 0.500. The van der Waals surface area contributed by atoms with Gasteiger partial charge >= 0.3 is 0 Å². The zero-order valence-corrected chi connectivity index (χ0v) is 8.11. The molecular weight excluding hydrogens is 168 g/mol. The number of carbonyl (C=O) groups excluding carboxylic acids is 1. The smallest absolute Gasteiger partial charge is 0.205 e. The second-order valence-corrected chi connectivity index (χ2v) is 3.02. The quantitative estimate of drug-likeness (QED) is 0.648. The fourth-order valence-electron chi connectivity index (χ4n) is 1.18. The largest absolute Gasteiger partial charge is 0.348 e. The lowest BCUT2D eigenvalue weighted by Gasteiger charge is -2.11. The first-order valence-electron chi connectivity index (χ1n) is 4.00. The molecule has 0 atom stereocenters. The van der Waals surface area contributed by atoms with E-state index in [0.717, 1.165) is 5.95 Å². The van der Waals surface area contributed by atoms with Crippen molar-refractivity contribution < 1.29 is 4.79 Å². The molecule has 1 aromatic heterocycles. The van der Waals surface area contributed by atoms with E-state index in [0.29, 0.717) is 5.69 Å². The van der Waals surface area contributed by atoms with Gasteiger partial charge in [-0.3, -0.25) is 4.79 Å². The van der Waals surface area contributed by atoms with Gasteiger partial charge in [0, 0.05) is 21.1 Å². The van der Waals surface area contributed by atoms with Crippen LogP contribution < -0.4 is 10.6 Å². The van der Waals surface area contributed by atoms with E-state index < -0.39 is 0 Å². The monoisotopic (exact) mass is 182 g/mol. The van der Waals surface area contributed by atoms with Gasteiger partial charge < -0.3 is 15.2 Å². The minimum Gasteiger partial charge on any atom is -0.348 e. The Hall–Kier alpha value is -1.36. The Labute approximate surface area is 77.2 Å². The van der Waals surface area contributed by atoms with Gasteiger partial charge in [0.2, 0.25) is 5.95 Å². The van der Waals surface area contributed by atoms with Crippen molar-refractivity contribution in [1.82, 2.24) is 9.55 Å². The molecule has 72 valence electrons. The number of ketones is 1. The van der Waals surface area contributed by atoms with Crippen LogP contribution in [0.4, 0.5) is 5.95 Å². The maximum Gasteiger partial charge on any atom is 0.205 e. The van der Waals surface area contributed by atoms with Gasteiger partial charge in [-0.05, 0) is 0 Å². The molecular formula is C8H14N4O. The van der Waals surface area contributed by atoms with Crippen LogP contribution >= 0.6 is 0 Å². The van der Waals surface area contributed by atoms with Crippen molar-refractivity contribution in [3.63, 3.8) is 0 Å². The molecule has 0 radical (unpaired) electrons. The first-order valence-corrected chi connectivity index (χ1v) is 4.00. The van der Waals surface area contributed by atoms with Gasteiger partial charge in [0.25, 0.3) is 0 Å². The summed E-state index contributed by atoms with van der Waals surface area (Å²) in [5, 5.41) is 0. The van der Waals surface area contributed by atoms with Crippen molar-refractivity contribution in [3.05, 3.63) is 11.9 Å². The molecule has 1 aromatic rings. The SMILES string of the molecule is CN(C)c1ncc(C(=O)CN)n1C. The Morgan fingerprint density at radius 3 is 2.69 bits per heavy atom. The van der Waals surface area contributed by atoms with Gasteiger partial charge in [0.15, 0.2) is 5.78 Å². The van der Waals surface area contributed by atoms with Crippen molar-refractivity contribution in [2.45, 2.75) is 0 Å². The maximum atomic E-state index is 11.3. The predicted molar refractivity (Wildman–Crippen MR) is 50.9 cm³/mol. The predicted octanol–water partition coefficient (Wildman–Crippen LogP) is -0.373. The van der Waals surface area contributed by atoms with Crippen molar-refractivity contribution in [2.75, 3.05) is 25.5 Å². The second kappa shape index (κ2) is 3.57. The van der Waals surface area contributed by atoms with E-state index in [4.69, 9.17) is 5.73 Å². The third kappa shape index (κ3) is 1.70. The molecule has 1 heterocycles. The summed E-state index contributed by atoms with van der Waals surface area (Å²) < 4.78 is 1.73. The lowest BCUT2D eigenvalue weighted by molar-refractivity contribution is 0.0994. The van der Waals surface area contributed by atoms with Crippen LogP contribution in [-0.2, 0) is 7.05 Å². The van der Waals surface area contributed by atoms with Crippen molar-refractivity contribution >= 4 is 11.7 Å². The highest BCUT2D eigenvalue weighted by Crippen LogP contribution is 2.10. The van der Waals surface area contributed by atoms with Gasteiger partial charge in [-0.2, -0.15) is 0 Å². The van der Waals surface area contributed by atoms with Crippen molar-refractivity contribution in [2.24, 2.45) is 12.8 Å². The van der Waals surface area contributed by atoms with Crippen molar-refractivity contribution in [3.8, 4) is 0 Å². The van der Waals surface area contributed by atoms with Crippen LogP contribution in [0.25, 0.3) is 0 Å². The van der Waals surface area contributed by atoms with E-state index in [1.807, 2.05) is 19.0 Å². The summed E-state index contributed by atoms with van der Waals surface area (Å²) in [6.07, 6.45) is 1.55. The summed E-state index contributed by atoms with van der Waals surface area (Å²) in [5.41, 5.74) is 5.80. The van der Waals surface area contributed by atoms with E-state index in [2.05, 4.69) is 4.98 Å². The summed E-state index contributed by atoms with van der Waals surface area (Å²) in [6, 6.07) is 0. The molecule has 1 rings (SSSR count). The topological polar surface area (TPSA) is 64.2 Å². The average molecular weight is 182 g/mol. The third-order valence-electron chi connectivity index (χ3n) is 1.83. The summed E-state index contributed by atoms with van der Waals surface area (Å²) in [7, 11) is 5.54. The second-order valence-electron chi connectivity index (χ2n) is 3.02. The zero-order chi connectivity index (χ0) is 10.0. The number of Topliss-reactive ketones (excluding diaryl/α,β-unsaturated/α-hetero) is 1. The Morgan fingerprint density at radius 2 is 2.31 bits per heavy atom. The summed E-state index contributed by atoms with van der Waals surface area (Å²) >= 11 is 0. The molecule has 0 aromatic carbocycles. The first-order chi connectivity index (χ1) is 6.07. The number of hydrogen-bond acceptors (Lipinski definition) is 4. The minimum absolute atomic E-state index is 0.0202. The highest BCUT2D eigenvalue weighted by Gasteiger charge is 2.12. The van der Waals surface area contributed by atoms with Crippen LogP contribution in [0.1, 0.15) is 10.5 Å². The molecule has 0 aliphatic carbocycles. The molecule has 0 fully saturated rings. The Kier molecular flexibility index (Phi) is 2.67. The van der Waals surface area contributed by atoms with Gasteiger partial charge in [0.1, 0.15) is 5.69 Å². The number of rotatable bonds is 3. The third-order valence-corrected chi connectivity index (χ3v) is 1.83. The average Bonchev–Trinajstić information content (AvgIpc) is 2.46. The van der Waals surface area contributed by atoms with Crippen molar-refractivity contribution in [1.29, 1.82) is 0 Å².